The van der Waals surface area contributed by atoms with Crippen molar-refractivity contribution in [3.05, 3.63) is 59.9 Å². The van der Waals surface area contributed by atoms with Gasteiger partial charge >= 0.3 is 0 Å². The van der Waals surface area contributed by atoms with Gasteiger partial charge in [0.25, 0.3) is 0 Å². The van der Waals surface area contributed by atoms with Crippen LogP contribution >= 0.6 is 0 Å². The van der Waals surface area contributed by atoms with Gasteiger partial charge in [0, 0.05) is 0 Å². The van der Waals surface area contributed by atoms with Crippen molar-refractivity contribution >= 4 is 10.8 Å². The summed E-state index contributed by atoms with van der Waals surface area (Å²) in [6.45, 7) is 0. The number of rotatable bonds is 3. The monoisotopic (exact) mass is 238 g/mol. The standard InChI is InChI=1S/C14H14N4/c1-15-14(13-9-16-18-17-13)12-7-6-10-4-2-3-5-11(10)8-12/h2-9,14-15H,1H3,(H,16,17,18). The van der Waals surface area contributed by atoms with E-state index < -0.39 is 0 Å². The summed E-state index contributed by atoms with van der Waals surface area (Å²) in [7, 11) is 1.93. The summed E-state index contributed by atoms with van der Waals surface area (Å²) in [4.78, 5) is 0. The van der Waals surface area contributed by atoms with E-state index in [4.69, 9.17) is 0 Å². The van der Waals surface area contributed by atoms with E-state index in [0.29, 0.717) is 0 Å². The minimum Gasteiger partial charge on any atom is -0.308 e. The Hall–Kier alpha value is -2.20. The summed E-state index contributed by atoms with van der Waals surface area (Å²) in [5.74, 6) is 0. The van der Waals surface area contributed by atoms with Gasteiger partial charge in [0.2, 0.25) is 0 Å². The Labute approximate surface area is 105 Å². The average Bonchev–Trinajstić information content (AvgIpc) is 2.93. The second-order valence-corrected chi connectivity index (χ2v) is 4.22. The van der Waals surface area contributed by atoms with Gasteiger partial charge in [-0.05, 0) is 29.4 Å². The topological polar surface area (TPSA) is 53.6 Å². The van der Waals surface area contributed by atoms with Crippen molar-refractivity contribution in [3.8, 4) is 0 Å². The number of H-pyrrole nitrogens is 1. The SMILES string of the molecule is CNC(c1ccc2ccccc2c1)c1cn[nH]n1. The fourth-order valence-corrected chi connectivity index (χ4v) is 2.22. The van der Waals surface area contributed by atoms with Gasteiger partial charge in [-0.3, -0.25) is 0 Å². The van der Waals surface area contributed by atoms with Crippen LogP contribution in [0.1, 0.15) is 17.3 Å². The molecule has 90 valence electrons. The molecule has 4 nitrogen and oxygen atoms in total. The van der Waals surface area contributed by atoms with Gasteiger partial charge in [0.05, 0.1) is 12.2 Å². The van der Waals surface area contributed by atoms with Crippen LogP contribution in [0.15, 0.2) is 48.7 Å². The third kappa shape index (κ3) is 1.87. The Morgan fingerprint density at radius 2 is 1.94 bits per heavy atom. The summed E-state index contributed by atoms with van der Waals surface area (Å²) in [6.07, 6.45) is 1.75. The molecule has 18 heavy (non-hydrogen) atoms. The second kappa shape index (κ2) is 4.58. The first-order chi connectivity index (χ1) is 8.88. The minimum absolute atomic E-state index is 0.0633. The lowest BCUT2D eigenvalue weighted by Crippen LogP contribution is -2.18. The molecule has 0 saturated heterocycles. The molecule has 0 radical (unpaired) electrons. The highest BCUT2D eigenvalue weighted by Gasteiger charge is 2.14. The van der Waals surface area contributed by atoms with Crippen molar-refractivity contribution in [2.75, 3.05) is 7.05 Å². The molecule has 2 aromatic carbocycles. The van der Waals surface area contributed by atoms with Crippen LogP contribution in [-0.4, -0.2) is 22.5 Å². The van der Waals surface area contributed by atoms with Crippen LogP contribution in [0.3, 0.4) is 0 Å². The van der Waals surface area contributed by atoms with Crippen molar-refractivity contribution in [2.24, 2.45) is 0 Å². The predicted octanol–water partition coefficient (Wildman–Crippen LogP) is 2.27. The molecule has 1 atom stereocenters. The number of fused-ring (bicyclic) bond motifs is 1. The van der Waals surface area contributed by atoms with Crippen LogP contribution in [0.4, 0.5) is 0 Å². The maximum Gasteiger partial charge on any atom is 0.104 e. The quantitative estimate of drug-likeness (QED) is 0.736. The predicted molar refractivity (Wildman–Crippen MR) is 71.2 cm³/mol. The fourth-order valence-electron chi connectivity index (χ4n) is 2.22. The molecule has 0 bridgehead atoms. The highest BCUT2D eigenvalue weighted by atomic mass is 15.3. The number of nitrogens with zero attached hydrogens (tertiary/aromatic N) is 2. The highest BCUT2D eigenvalue weighted by Crippen LogP contribution is 2.23. The molecule has 1 heterocycles. The zero-order valence-electron chi connectivity index (χ0n) is 10.1. The molecule has 0 fully saturated rings. The molecular formula is C14H14N4. The number of aromatic nitrogens is 3. The van der Waals surface area contributed by atoms with Crippen LogP contribution in [-0.2, 0) is 0 Å². The molecule has 0 aliphatic rings. The molecule has 0 spiro atoms. The summed E-state index contributed by atoms with van der Waals surface area (Å²) in [5, 5.41) is 16.4. The summed E-state index contributed by atoms with van der Waals surface area (Å²) < 4.78 is 0. The number of hydrogen-bond acceptors (Lipinski definition) is 3. The maximum atomic E-state index is 4.15. The molecular weight excluding hydrogens is 224 g/mol. The first-order valence-corrected chi connectivity index (χ1v) is 5.90. The summed E-state index contributed by atoms with van der Waals surface area (Å²) in [6, 6.07) is 14.8. The van der Waals surface area contributed by atoms with E-state index in [9.17, 15) is 0 Å². The van der Waals surface area contributed by atoms with Crippen molar-refractivity contribution < 1.29 is 0 Å². The molecule has 1 aromatic heterocycles. The van der Waals surface area contributed by atoms with Gasteiger partial charge < -0.3 is 5.32 Å². The lowest BCUT2D eigenvalue weighted by Gasteiger charge is -2.14. The van der Waals surface area contributed by atoms with Gasteiger partial charge in [0.15, 0.2) is 0 Å². The van der Waals surface area contributed by atoms with Crippen molar-refractivity contribution in [1.82, 2.24) is 20.7 Å². The van der Waals surface area contributed by atoms with Gasteiger partial charge in [-0.1, -0.05) is 36.4 Å². The molecule has 0 saturated carbocycles. The van der Waals surface area contributed by atoms with Crippen LogP contribution in [0.25, 0.3) is 10.8 Å². The van der Waals surface area contributed by atoms with E-state index in [1.54, 1.807) is 6.20 Å². The smallest absolute Gasteiger partial charge is 0.104 e. The Morgan fingerprint density at radius 1 is 1.11 bits per heavy atom. The number of hydrogen-bond donors (Lipinski definition) is 2. The Morgan fingerprint density at radius 3 is 2.67 bits per heavy atom. The third-order valence-electron chi connectivity index (χ3n) is 3.12. The molecule has 2 N–H and O–H groups in total. The summed E-state index contributed by atoms with van der Waals surface area (Å²) >= 11 is 0. The first-order valence-electron chi connectivity index (χ1n) is 5.90. The largest absolute Gasteiger partial charge is 0.308 e. The summed E-state index contributed by atoms with van der Waals surface area (Å²) in [5.41, 5.74) is 2.08. The lowest BCUT2D eigenvalue weighted by atomic mass is 10.0. The van der Waals surface area contributed by atoms with Crippen molar-refractivity contribution in [1.29, 1.82) is 0 Å². The molecule has 1 unspecified atom stereocenters. The van der Waals surface area contributed by atoms with E-state index in [1.165, 1.54) is 16.3 Å². The number of benzene rings is 2. The zero-order chi connectivity index (χ0) is 12.4. The van der Waals surface area contributed by atoms with E-state index in [1.807, 2.05) is 7.05 Å². The van der Waals surface area contributed by atoms with Crippen LogP contribution in [0, 0.1) is 0 Å². The Kier molecular flexibility index (Phi) is 2.78. The van der Waals surface area contributed by atoms with E-state index >= 15 is 0 Å². The molecule has 0 aliphatic carbocycles. The van der Waals surface area contributed by atoms with Crippen molar-refractivity contribution in [3.63, 3.8) is 0 Å². The van der Waals surface area contributed by atoms with Crippen LogP contribution < -0.4 is 5.32 Å². The molecule has 4 heteroatoms. The molecule has 3 aromatic rings. The van der Waals surface area contributed by atoms with E-state index in [-0.39, 0.29) is 6.04 Å². The Bertz CT molecular complexity index is 646. The minimum atomic E-state index is 0.0633. The van der Waals surface area contributed by atoms with Crippen molar-refractivity contribution in [2.45, 2.75) is 6.04 Å². The van der Waals surface area contributed by atoms with Gasteiger partial charge in [-0.25, -0.2) is 0 Å². The average molecular weight is 238 g/mol. The number of aromatic amines is 1. The lowest BCUT2D eigenvalue weighted by molar-refractivity contribution is 0.668. The normalized spacial score (nSPS) is 12.7. The Balaban J connectivity index is 2.07. The number of nitrogens with one attached hydrogen (secondary N) is 2. The highest BCUT2D eigenvalue weighted by molar-refractivity contribution is 5.83. The maximum absolute atomic E-state index is 4.15. The molecule has 3 rings (SSSR count). The van der Waals surface area contributed by atoms with E-state index in [0.717, 1.165) is 5.69 Å². The first kappa shape index (κ1) is 10.9. The second-order valence-electron chi connectivity index (χ2n) is 4.22. The van der Waals surface area contributed by atoms with E-state index in [2.05, 4.69) is 63.2 Å². The van der Waals surface area contributed by atoms with Gasteiger partial charge in [0.1, 0.15) is 5.69 Å². The molecule has 0 aliphatic heterocycles. The third-order valence-corrected chi connectivity index (χ3v) is 3.12. The van der Waals surface area contributed by atoms with Crippen LogP contribution in [0.5, 0.6) is 0 Å². The zero-order valence-corrected chi connectivity index (χ0v) is 10.1. The fraction of sp³-hybridized carbons (Fsp3) is 0.143. The van der Waals surface area contributed by atoms with Gasteiger partial charge in [-0.2, -0.15) is 15.4 Å². The van der Waals surface area contributed by atoms with Crippen LogP contribution in [0.2, 0.25) is 0 Å². The molecule has 0 amide bonds. The van der Waals surface area contributed by atoms with Gasteiger partial charge in [-0.15, -0.1) is 0 Å².